The molecule has 2 aromatic carbocycles. The molecule has 3 heterocycles. The van der Waals surface area contributed by atoms with Crippen molar-refractivity contribution in [2.75, 3.05) is 13.7 Å². The molecule has 7 heteroatoms. The third kappa shape index (κ3) is 4.54. The number of hydrogen-bond acceptors (Lipinski definition) is 5. The fourth-order valence-corrected chi connectivity index (χ4v) is 4.53. The number of H-pyrrole nitrogens is 1. The molecule has 1 N–H and O–H groups in total. The Bertz CT molecular complexity index is 1260. The standard InChI is InChI=1S/C28H29N3O4/c1-3-4-5-16-34-22-14-10-20(11-15-22)27-24-25(19-8-12-21(33-2)13-9-19)29-30-26(24)28(32)31(27)18-23-7-6-17-35-23/h6-15,17,27H,3-5,16,18H2,1-2H3,(H,29,30). The van der Waals surface area contributed by atoms with Crippen molar-refractivity contribution in [3.8, 4) is 22.8 Å². The van der Waals surface area contributed by atoms with Crippen molar-refractivity contribution in [1.29, 1.82) is 0 Å². The van der Waals surface area contributed by atoms with Crippen molar-refractivity contribution in [2.45, 2.75) is 38.8 Å². The predicted molar refractivity (Wildman–Crippen MR) is 132 cm³/mol. The predicted octanol–water partition coefficient (Wildman–Crippen LogP) is 5.99. The number of carbonyl (C=O) groups excluding carboxylic acids is 1. The van der Waals surface area contributed by atoms with E-state index in [1.165, 1.54) is 0 Å². The van der Waals surface area contributed by atoms with Crippen molar-refractivity contribution < 1.29 is 18.7 Å². The Balaban J connectivity index is 1.50. The van der Waals surface area contributed by atoms with Crippen molar-refractivity contribution in [3.63, 3.8) is 0 Å². The third-order valence-corrected chi connectivity index (χ3v) is 6.35. The molecule has 0 bridgehead atoms. The molecule has 4 aromatic rings. The zero-order valence-corrected chi connectivity index (χ0v) is 20.0. The molecule has 0 aliphatic carbocycles. The Morgan fingerprint density at radius 3 is 2.49 bits per heavy atom. The van der Waals surface area contributed by atoms with Gasteiger partial charge >= 0.3 is 0 Å². The number of rotatable bonds is 10. The Morgan fingerprint density at radius 1 is 1.03 bits per heavy atom. The van der Waals surface area contributed by atoms with Crippen LogP contribution in [0.15, 0.2) is 71.3 Å². The van der Waals surface area contributed by atoms with Gasteiger partial charge in [-0.1, -0.05) is 31.9 Å². The lowest BCUT2D eigenvalue weighted by atomic mass is 9.96. The molecule has 1 atom stereocenters. The maximum absolute atomic E-state index is 13.5. The lowest BCUT2D eigenvalue weighted by Crippen LogP contribution is -2.28. The molecule has 1 aliphatic heterocycles. The summed E-state index contributed by atoms with van der Waals surface area (Å²) in [5.74, 6) is 2.22. The van der Waals surface area contributed by atoms with Crippen LogP contribution in [-0.4, -0.2) is 34.7 Å². The van der Waals surface area contributed by atoms with Crippen molar-refractivity contribution >= 4 is 5.91 Å². The first-order chi connectivity index (χ1) is 17.2. The number of carbonyl (C=O) groups is 1. The monoisotopic (exact) mass is 471 g/mol. The summed E-state index contributed by atoms with van der Waals surface area (Å²) in [5.41, 5.74) is 4.02. The van der Waals surface area contributed by atoms with Crippen LogP contribution in [0.4, 0.5) is 0 Å². The van der Waals surface area contributed by atoms with Gasteiger partial charge in [0.15, 0.2) is 0 Å². The van der Waals surface area contributed by atoms with Gasteiger partial charge in [0.25, 0.3) is 5.91 Å². The fourth-order valence-electron chi connectivity index (χ4n) is 4.53. The van der Waals surface area contributed by atoms with Gasteiger partial charge in [-0.05, 0) is 60.5 Å². The molecule has 7 nitrogen and oxygen atoms in total. The van der Waals surface area contributed by atoms with Gasteiger partial charge in [0, 0.05) is 11.1 Å². The lowest BCUT2D eigenvalue weighted by molar-refractivity contribution is 0.0717. The number of unbranched alkanes of at least 4 members (excludes halogenated alkanes) is 2. The highest BCUT2D eigenvalue weighted by atomic mass is 16.5. The minimum atomic E-state index is -0.312. The smallest absolute Gasteiger partial charge is 0.273 e. The Kier molecular flexibility index (Phi) is 6.57. The zero-order valence-electron chi connectivity index (χ0n) is 20.0. The van der Waals surface area contributed by atoms with Gasteiger partial charge in [0.2, 0.25) is 0 Å². The third-order valence-electron chi connectivity index (χ3n) is 6.35. The SMILES string of the molecule is CCCCCOc1ccc(C2c3c(-c4ccc(OC)cc4)n[nH]c3C(=O)N2Cc2ccco2)cc1. The number of benzene rings is 2. The summed E-state index contributed by atoms with van der Waals surface area (Å²) in [6.07, 6.45) is 4.98. The Morgan fingerprint density at radius 2 is 1.80 bits per heavy atom. The van der Waals surface area contributed by atoms with E-state index in [1.54, 1.807) is 13.4 Å². The van der Waals surface area contributed by atoms with E-state index in [9.17, 15) is 4.79 Å². The number of methoxy groups -OCH3 is 1. The highest BCUT2D eigenvalue weighted by Gasteiger charge is 2.42. The Labute approximate surface area is 204 Å². The molecule has 5 rings (SSSR count). The Hall–Kier alpha value is -4.00. The molecule has 0 saturated carbocycles. The molecule has 1 unspecified atom stereocenters. The number of ether oxygens (including phenoxy) is 2. The summed E-state index contributed by atoms with van der Waals surface area (Å²) >= 11 is 0. The number of amides is 1. The van der Waals surface area contributed by atoms with Crippen LogP contribution in [0.25, 0.3) is 11.3 Å². The molecule has 35 heavy (non-hydrogen) atoms. The van der Waals surface area contributed by atoms with Gasteiger partial charge in [-0.2, -0.15) is 5.10 Å². The number of nitrogens with one attached hydrogen (secondary N) is 1. The summed E-state index contributed by atoms with van der Waals surface area (Å²) in [7, 11) is 1.64. The molecular formula is C28H29N3O4. The van der Waals surface area contributed by atoms with Crippen molar-refractivity contribution in [3.05, 3.63) is 89.5 Å². The quantitative estimate of drug-likeness (QED) is 0.287. The molecular weight excluding hydrogens is 442 g/mol. The lowest BCUT2D eigenvalue weighted by Gasteiger charge is -2.25. The summed E-state index contributed by atoms with van der Waals surface area (Å²) in [6.45, 7) is 3.24. The average molecular weight is 472 g/mol. The zero-order chi connectivity index (χ0) is 24.2. The van der Waals surface area contributed by atoms with Gasteiger partial charge < -0.3 is 18.8 Å². The van der Waals surface area contributed by atoms with Crippen molar-refractivity contribution in [2.24, 2.45) is 0 Å². The van der Waals surface area contributed by atoms with Gasteiger partial charge in [-0.15, -0.1) is 0 Å². The van der Waals surface area contributed by atoms with E-state index < -0.39 is 0 Å². The molecule has 0 spiro atoms. The maximum Gasteiger partial charge on any atom is 0.273 e. The molecule has 0 radical (unpaired) electrons. The van der Waals surface area contributed by atoms with Gasteiger partial charge in [-0.3, -0.25) is 9.89 Å². The molecule has 1 aliphatic rings. The first-order valence-electron chi connectivity index (χ1n) is 12.0. The van der Waals surface area contributed by atoms with Gasteiger partial charge in [-0.25, -0.2) is 0 Å². The van der Waals surface area contributed by atoms with Crippen LogP contribution in [-0.2, 0) is 6.54 Å². The average Bonchev–Trinajstić information content (AvgIpc) is 3.62. The summed E-state index contributed by atoms with van der Waals surface area (Å²) in [4.78, 5) is 15.3. The van der Waals surface area contributed by atoms with Crippen LogP contribution in [0.1, 0.15) is 59.6 Å². The second-order valence-electron chi connectivity index (χ2n) is 8.63. The normalized spacial score (nSPS) is 14.9. The minimum Gasteiger partial charge on any atom is -0.497 e. The van der Waals surface area contributed by atoms with E-state index in [1.807, 2.05) is 65.6 Å². The van der Waals surface area contributed by atoms with E-state index >= 15 is 0 Å². The molecule has 180 valence electrons. The van der Waals surface area contributed by atoms with Crippen LogP contribution in [0.3, 0.4) is 0 Å². The van der Waals surface area contributed by atoms with Crippen LogP contribution >= 0.6 is 0 Å². The van der Waals surface area contributed by atoms with Gasteiger partial charge in [0.05, 0.1) is 38.3 Å². The summed E-state index contributed by atoms with van der Waals surface area (Å²) < 4.78 is 16.8. The van der Waals surface area contributed by atoms with Gasteiger partial charge in [0.1, 0.15) is 23.0 Å². The first kappa shape index (κ1) is 22.8. The molecule has 0 fully saturated rings. The van der Waals surface area contributed by atoms with Crippen LogP contribution < -0.4 is 9.47 Å². The summed E-state index contributed by atoms with van der Waals surface area (Å²) in [5, 5.41) is 7.53. The molecule has 0 saturated heterocycles. The number of fused-ring (bicyclic) bond motifs is 1. The first-order valence-corrected chi connectivity index (χ1v) is 12.0. The number of aromatic amines is 1. The fraction of sp³-hybridized carbons (Fsp3) is 0.286. The highest BCUT2D eigenvalue weighted by molar-refractivity contribution is 6.00. The number of nitrogens with zero attached hydrogens (tertiary/aromatic N) is 2. The second-order valence-corrected chi connectivity index (χ2v) is 8.63. The number of hydrogen-bond donors (Lipinski definition) is 1. The number of furan rings is 1. The van der Waals surface area contributed by atoms with E-state index in [2.05, 4.69) is 17.1 Å². The maximum atomic E-state index is 13.5. The topological polar surface area (TPSA) is 80.6 Å². The largest absolute Gasteiger partial charge is 0.497 e. The van der Waals surface area contributed by atoms with Crippen molar-refractivity contribution in [1.82, 2.24) is 15.1 Å². The van der Waals surface area contributed by atoms with Crippen LogP contribution in [0, 0.1) is 0 Å². The van der Waals surface area contributed by atoms with E-state index in [0.717, 1.165) is 58.9 Å². The van der Waals surface area contributed by atoms with E-state index in [0.29, 0.717) is 18.8 Å². The van der Waals surface area contributed by atoms with E-state index in [-0.39, 0.29) is 11.9 Å². The molecule has 2 aromatic heterocycles. The highest BCUT2D eigenvalue weighted by Crippen LogP contribution is 2.44. The number of aromatic nitrogens is 2. The molecule has 1 amide bonds. The summed E-state index contributed by atoms with van der Waals surface area (Å²) in [6, 6.07) is 19.1. The second kappa shape index (κ2) is 10.1. The van der Waals surface area contributed by atoms with Crippen LogP contribution in [0.5, 0.6) is 11.5 Å². The van der Waals surface area contributed by atoms with Crippen LogP contribution in [0.2, 0.25) is 0 Å². The van der Waals surface area contributed by atoms with E-state index in [4.69, 9.17) is 13.9 Å². The minimum absolute atomic E-state index is 0.103.